The van der Waals surface area contributed by atoms with Crippen molar-refractivity contribution in [3.8, 4) is 11.5 Å². The van der Waals surface area contributed by atoms with Crippen molar-refractivity contribution in [3.05, 3.63) is 59.7 Å². The number of ether oxygens (including phenoxy) is 1. The molecule has 0 N–H and O–H groups in total. The summed E-state index contributed by atoms with van der Waals surface area (Å²) in [4.78, 5) is 10.9. The van der Waals surface area contributed by atoms with Crippen LogP contribution in [0.15, 0.2) is 48.5 Å². The van der Waals surface area contributed by atoms with Crippen molar-refractivity contribution in [3.63, 3.8) is 0 Å². The molecule has 0 saturated carbocycles. The van der Waals surface area contributed by atoms with Gasteiger partial charge in [0, 0.05) is 23.0 Å². The zero-order valence-electron chi connectivity index (χ0n) is 9.63. The predicted octanol–water partition coefficient (Wildman–Crippen LogP) is 2.06. The average Bonchev–Trinajstić information content (AvgIpc) is 2.38. The lowest BCUT2D eigenvalue weighted by atomic mass is 9.86. The third-order valence-electron chi connectivity index (χ3n) is 3.18. The largest absolute Gasteiger partial charge is 0.550 e. The summed E-state index contributed by atoms with van der Waals surface area (Å²) in [6, 6.07) is 15.0. The van der Waals surface area contributed by atoms with Crippen LogP contribution in [0.2, 0.25) is 0 Å². The average molecular weight is 239 g/mol. The Balaban J connectivity index is 2.14. The molecule has 0 fully saturated rings. The second-order valence-corrected chi connectivity index (χ2v) is 4.31. The molecule has 0 aromatic heterocycles. The molecule has 3 nitrogen and oxygen atoms in total. The Hall–Kier alpha value is -2.29. The van der Waals surface area contributed by atoms with Crippen LogP contribution in [0, 0.1) is 0 Å². The van der Waals surface area contributed by atoms with E-state index >= 15 is 0 Å². The van der Waals surface area contributed by atoms with Crippen LogP contribution in [-0.4, -0.2) is 5.97 Å². The van der Waals surface area contributed by atoms with Gasteiger partial charge in [0.2, 0.25) is 0 Å². The Morgan fingerprint density at radius 1 is 1.00 bits per heavy atom. The van der Waals surface area contributed by atoms with Gasteiger partial charge in [0.05, 0.1) is 0 Å². The summed E-state index contributed by atoms with van der Waals surface area (Å²) in [6.07, 6.45) is -0.0304. The molecule has 3 rings (SSSR count). The Morgan fingerprint density at radius 3 is 2.00 bits per heavy atom. The number of carbonyl (C=O) groups is 1. The molecule has 0 amide bonds. The molecule has 1 aliphatic heterocycles. The van der Waals surface area contributed by atoms with Crippen LogP contribution >= 0.6 is 0 Å². The first-order valence-corrected chi connectivity index (χ1v) is 5.81. The standard InChI is InChI=1S/C15H12O3/c16-15(17)9-12-10-5-1-3-7-13(10)18-14-8-4-2-6-11(12)14/h1-8,12H,9H2,(H,16,17)/p-1. The van der Waals surface area contributed by atoms with Crippen LogP contribution in [0.25, 0.3) is 0 Å². The molecule has 0 radical (unpaired) electrons. The lowest BCUT2D eigenvalue weighted by molar-refractivity contribution is -0.306. The van der Waals surface area contributed by atoms with E-state index in [1.807, 2.05) is 48.5 Å². The fraction of sp³-hybridized carbons (Fsp3) is 0.133. The van der Waals surface area contributed by atoms with E-state index in [0.717, 1.165) is 22.6 Å². The number of hydrogen-bond acceptors (Lipinski definition) is 3. The molecule has 1 aliphatic rings. The number of para-hydroxylation sites is 2. The van der Waals surface area contributed by atoms with Crippen LogP contribution in [0.4, 0.5) is 0 Å². The summed E-state index contributed by atoms with van der Waals surface area (Å²) >= 11 is 0. The molecule has 18 heavy (non-hydrogen) atoms. The smallest absolute Gasteiger partial charge is 0.131 e. The molecule has 3 heteroatoms. The van der Waals surface area contributed by atoms with Gasteiger partial charge in [0.15, 0.2) is 0 Å². The highest BCUT2D eigenvalue weighted by Gasteiger charge is 2.26. The highest BCUT2D eigenvalue weighted by molar-refractivity contribution is 5.68. The first-order valence-electron chi connectivity index (χ1n) is 5.81. The van der Waals surface area contributed by atoms with Gasteiger partial charge in [-0.15, -0.1) is 0 Å². The number of rotatable bonds is 2. The minimum Gasteiger partial charge on any atom is -0.550 e. The van der Waals surface area contributed by atoms with Gasteiger partial charge in [-0.2, -0.15) is 0 Å². The summed E-state index contributed by atoms with van der Waals surface area (Å²) < 4.78 is 5.78. The Morgan fingerprint density at radius 2 is 1.50 bits per heavy atom. The van der Waals surface area contributed by atoms with Crippen molar-refractivity contribution >= 4 is 5.97 Å². The number of fused-ring (bicyclic) bond motifs is 2. The summed E-state index contributed by atoms with van der Waals surface area (Å²) in [5, 5.41) is 10.9. The minimum atomic E-state index is -1.05. The zero-order chi connectivity index (χ0) is 12.5. The third kappa shape index (κ3) is 1.74. The number of carbonyl (C=O) groups excluding carboxylic acids is 1. The maximum absolute atomic E-state index is 10.9. The number of carboxylic acid groups (broad SMARTS) is 1. The Labute approximate surface area is 105 Å². The molecule has 0 atom stereocenters. The Kier molecular flexibility index (Phi) is 2.52. The van der Waals surface area contributed by atoms with Crippen molar-refractivity contribution in [2.75, 3.05) is 0 Å². The van der Waals surface area contributed by atoms with E-state index in [-0.39, 0.29) is 12.3 Å². The lowest BCUT2D eigenvalue weighted by Gasteiger charge is -2.28. The molecular formula is C15H11O3-. The van der Waals surface area contributed by atoms with Gasteiger partial charge in [-0.3, -0.25) is 0 Å². The van der Waals surface area contributed by atoms with Crippen molar-refractivity contribution in [2.45, 2.75) is 12.3 Å². The monoisotopic (exact) mass is 239 g/mol. The topological polar surface area (TPSA) is 49.4 Å². The van der Waals surface area contributed by atoms with Crippen LogP contribution in [0.1, 0.15) is 23.5 Å². The number of hydrogen-bond donors (Lipinski definition) is 0. The quantitative estimate of drug-likeness (QED) is 0.806. The molecule has 0 bridgehead atoms. The molecule has 0 saturated heterocycles. The molecule has 1 heterocycles. The second kappa shape index (κ2) is 4.18. The van der Waals surface area contributed by atoms with Gasteiger partial charge in [0.1, 0.15) is 11.5 Å². The van der Waals surface area contributed by atoms with Gasteiger partial charge in [-0.1, -0.05) is 36.4 Å². The van der Waals surface area contributed by atoms with E-state index in [0.29, 0.717) is 0 Å². The molecule has 2 aromatic carbocycles. The number of aliphatic carboxylic acids is 1. The fourth-order valence-corrected chi connectivity index (χ4v) is 2.40. The van der Waals surface area contributed by atoms with Crippen molar-refractivity contribution in [1.29, 1.82) is 0 Å². The van der Waals surface area contributed by atoms with Crippen LogP contribution in [0.3, 0.4) is 0 Å². The highest BCUT2D eigenvalue weighted by Crippen LogP contribution is 2.45. The highest BCUT2D eigenvalue weighted by atomic mass is 16.5. The first kappa shape index (κ1) is 10.8. The van der Waals surface area contributed by atoms with Gasteiger partial charge < -0.3 is 14.6 Å². The predicted molar refractivity (Wildman–Crippen MR) is 64.4 cm³/mol. The van der Waals surface area contributed by atoms with Gasteiger partial charge in [-0.25, -0.2) is 0 Å². The molecule has 2 aromatic rings. The second-order valence-electron chi connectivity index (χ2n) is 4.31. The maximum atomic E-state index is 10.9. The molecular weight excluding hydrogens is 228 g/mol. The molecule has 90 valence electrons. The third-order valence-corrected chi connectivity index (χ3v) is 3.18. The van der Waals surface area contributed by atoms with Gasteiger partial charge in [-0.05, 0) is 18.6 Å². The Bertz CT molecular complexity index is 559. The zero-order valence-corrected chi connectivity index (χ0v) is 9.63. The van der Waals surface area contributed by atoms with Gasteiger partial charge >= 0.3 is 0 Å². The van der Waals surface area contributed by atoms with E-state index in [1.165, 1.54) is 0 Å². The summed E-state index contributed by atoms with van der Waals surface area (Å²) in [5.41, 5.74) is 1.81. The van der Waals surface area contributed by atoms with Crippen molar-refractivity contribution < 1.29 is 14.6 Å². The van der Waals surface area contributed by atoms with Crippen molar-refractivity contribution in [1.82, 2.24) is 0 Å². The lowest BCUT2D eigenvalue weighted by Crippen LogP contribution is -2.26. The van der Waals surface area contributed by atoms with Gasteiger partial charge in [0.25, 0.3) is 0 Å². The normalized spacial score (nSPS) is 13.3. The number of benzene rings is 2. The molecule has 0 aliphatic carbocycles. The van der Waals surface area contributed by atoms with Crippen LogP contribution < -0.4 is 9.84 Å². The van der Waals surface area contributed by atoms with E-state index in [4.69, 9.17) is 4.74 Å². The summed E-state index contributed by atoms with van der Waals surface area (Å²) in [6.45, 7) is 0. The fourth-order valence-electron chi connectivity index (χ4n) is 2.40. The van der Waals surface area contributed by atoms with E-state index in [9.17, 15) is 9.90 Å². The van der Waals surface area contributed by atoms with E-state index < -0.39 is 5.97 Å². The summed E-state index contributed by atoms with van der Waals surface area (Å²) in [7, 11) is 0. The van der Waals surface area contributed by atoms with Crippen LogP contribution in [0.5, 0.6) is 11.5 Å². The SMILES string of the molecule is O=C([O-])CC1c2ccccc2Oc2ccccc21. The minimum absolute atomic E-state index is 0.0304. The molecule has 0 spiro atoms. The summed E-state index contributed by atoms with van der Waals surface area (Å²) in [5.74, 6) is 0.201. The maximum Gasteiger partial charge on any atom is 0.131 e. The van der Waals surface area contributed by atoms with Crippen molar-refractivity contribution in [2.24, 2.45) is 0 Å². The molecule has 0 unspecified atom stereocenters. The van der Waals surface area contributed by atoms with Crippen LogP contribution in [-0.2, 0) is 4.79 Å². The van der Waals surface area contributed by atoms with E-state index in [1.54, 1.807) is 0 Å². The van der Waals surface area contributed by atoms with E-state index in [2.05, 4.69) is 0 Å². The first-order chi connectivity index (χ1) is 8.75. The number of carboxylic acids is 1.